The van der Waals surface area contributed by atoms with E-state index in [1.807, 2.05) is 43.3 Å². The lowest BCUT2D eigenvalue weighted by Crippen LogP contribution is -2.16. The number of benzene rings is 4. The number of ether oxygens (including phenoxy) is 2. The summed E-state index contributed by atoms with van der Waals surface area (Å²) in [6, 6.07) is 34.4. The molecular formula is C43H43FN6O4. The number of nitrogens with two attached hydrogens (primary N) is 2. The van der Waals surface area contributed by atoms with Crippen LogP contribution in [0.3, 0.4) is 0 Å². The van der Waals surface area contributed by atoms with Crippen molar-refractivity contribution >= 4 is 11.8 Å². The summed E-state index contributed by atoms with van der Waals surface area (Å²) in [6.07, 6.45) is 7.63. The highest BCUT2D eigenvalue weighted by atomic mass is 19.1. The molecule has 10 nitrogen and oxygen atoms in total. The summed E-state index contributed by atoms with van der Waals surface area (Å²) in [6.45, 7) is 5.03. The molecule has 0 aliphatic carbocycles. The molecule has 0 aliphatic rings. The molecule has 276 valence electrons. The van der Waals surface area contributed by atoms with Crippen molar-refractivity contribution in [2.24, 2.45) is 11.5 Å². The zero-order valence-electron chi connectivity index (χ0n) is 30.0. The van der Waals surface area contributed by atoms with E-state index in [4.69, 9.17) is 20.9 Å². The number of halogens is 1. The first-order valence-electron chi connectivity index (χ1n) is 17.5. The Morgan fingerprint density at radius 1 is 0.593 bits per heavy atom. The molecule has 0 fully saturated rings. The molecule has 54 heavy (non-hydrogen) atoms. The Labute approximate surface area is 314 Å². The third kappa shape index (κ3) is 11.8. The van der Waals surface area contributed by atoms with Gasteiger partial charge in [0, 0.05) is 37.9 Å². The highest BCUT2D eigenvalue weighted by Crippen LogP contribution is 2.29. The number of rotatable bonds is 16. The third-order valence-electron chi connectivity index (χ3n) is 8.29. The molecular weight excluding hydrogens is 684 g/mol. The Bertz CT molecular complexity index is 1980. The predicted molar refractivity (Wildman–Crippen MR) is 207 cm³/mol. The van der Waals surface area contributed by atoms with Crippen molar-refractivity contribution in [1.82, 2.24) is 20.6 Å². The van der Waals surface area contributed by atoms with Gasteiger partial charge in [0.1, 0.15) is 28.4 Å². The van der Waals surface area contributed by atoms with E-state index in [9.17, 15) is 14.0 Å². The Morgan fingerprint density at radius 2 is 1.06 bits per heavy atom. The van der Waals surface area contributed by atoms with Crippen LogP contribution in [0.5, 0.6) is 23.0 Å². The largest absolute Gasteiger partial charge is 0.456 e. The molecule has 0 spiro atoms. The van der Waals surface area contributed by atoms with Crippen LogP contribution in [0.4, 0.5) is 4.39 Å². The average Bonchev–Trinajstić information content (AvgIpc) is 3.18. The summed E-state index contributed by atoms with van der Waals surface area (Å²) in [7, 11) is 0. The van der Waals surface area contributed by atoms with Crippen LogP contribution in [0.1, 0.15) is 48.5 Å². The fourth-order valence-corrected chi connectivity index (χ4v) is 5.44. The molecule has 2 amide bonds. The number of carbonyl (C=O) groups excluding carboxylic acids is 2. The zero-order chi connectivity index (χ0) is 38.1. The number of amides is 2. The lowest BCUT2D eigenvalue weighted by Gasteiger charge is -2.12. The molecule has 6 aromatic rings. The topological polar surface area (TPSA) is 154 Å². The van der Waals surface area contributed by atoms with Crippen molar-refractivity contribution in [2.45, 2.75) is 32.9 Å². The minimum Gasteiger partial charge on any atom is -0.456 e. The van der Waals surface area contributed by atoms with E-state index in [2.05, 4.69) is 63.1 Å². The number of primary amides is 2. The van der Waals surface area contributed by atoms with Gasteiger partial charge in [0.05, 0.1) is 0 Å². The van der Waals surface area contributed by atoms with E-state index < -0.39 is 17.6 Å². The van der Waals surface area contributed by atoms with Crippen LogP contribution in [0.25, 0.3) is 0 Å². The maximum Gasteiger partial charge on any atom is 0.254 e. The second kappa shape index (κ2) is 20.0. The van der Waals surface area contributed by atoms with Gasteiger partial charge in [-0.1, -0.05) is 78.9 Å². The summed E-state index contributed by atoms with van der Waals surface area (Å²) in [5.74, 6) is -0.453. The van der Waals surface area contributed by atoms with Crippen molar-refractivity contribution < 1.29 is 23.5 Å². The monoisotopic (exact) mass is 726 g/mol. The second-order valence-electron chi connectivity index (χ2n) is 12.4. The Morgan fingerprint density at radius 3 is 1.52 bits per heavy atom. The van der Waals surface area contributed by atoms with Gasteiger partial charge in [-0.2, -0.15) is 0 Å². The number of nitrogens with one attached hydrogen (secondary N) is 2. The third-order valence-corrected chi connectivity index (χ3v) is 8.29. The fourth-order valence-electron chi connectivity index (χ4n) is 5.44. The Hall–Kier alpha value is -6.43. The lowest BCUT2D eigenvalue weighted by molar-refractivity contribution is 0.0989. The smallest absolute Gasteiger partial charge is 0.254 e. The molecule has 6 N–H and O–H groups in total. The van der Waals surface area contributed by atoms with E-state index in [1.54, 1.807) is 18.3 Å². The molecule has 0 radical (unpaired) electrons. The Balaban J connectivity index is 0.000000208. The molecule has 0 aliphatic heterocycles. The Kier molecular flexibility index (Phi) is 14.4. The number of aryl methyl sites for hydroxylation is 1. The van der Waals surface area contributed by atoms with Crippen molar-refractivity contribution in [1.29, 1.82) is 0 Å². The van der Waals surface area contributed by atoms with Gasteiger partial charge in [-0.15, -0.1) is 0 Å². The van der Waals surface area contributed by atoms with Gasteiger partial charge >= 0.3 is 0 Å². The molecule has 0 saturated heterocycles. The van der Waals surface area contributed by atoms with E-state index >= 15 is 0 Å². The van der Waals surface area contributed by atoms with Crippen molar-refractivity contribution in [3.8, 4) is 23.0 Å². The first-order valence-corrected chi connectivity index (χ1v) is 17.5. The molecule has 2 aromatic heterocycles. The molecule has 2 heterocycles. The molecule has 4 aromatic carbocycles. The summed E-state index contributed by atoms with van der Waals surface area (Å²) in [5.41, 5.74) is 16.6. The first-order chi connectivity index (χ1) is 26.3. The molecule has 6 rings (SSSR count). The van der Waals surface area contributed by atoms with Crippen molar-refractivity contribution in [3.05, 3.63) is 179 Å². The van der Waals surface area contributed by atoms with E-state index in [1.165, 1.54) is 53.5 Å². The molecule has 0 atom stereocenters. The van der Waals surface area contributed by atoms with Crippen LogP contribution in [-0.2, 0) is 25.9 Å². The first kappa shape index (κ1) is 38.8. The van der Waals surface area contributed by atoms with Gasteiger partial charge in [-0.3, -0.25) is 19.6 Å². The maximum absolute atomic E-state index is 14.4. The van der Waals surface area contributed by atoms with Crippen LogP contribution in [0, 0.1) is 12.7 Å². The molecule has 0 unspecified atom stereocenters. The van der Waals surface area contributed by atoms with Gasteiger partial charge in [-0.25, -0.2) is 4.39 Å². The lowest BCUT2D eigenvalue weighted by atomic mass is 10.1. The van der Waals surface area contributed by atoms with Crippen LogP contribution in [0.15, 0.2) is 134 Å². The highest BCUT2D eigenvalue weighted by molar-refractivity contribution is 5.95. The normalized spacial score (nSPS) is 10.6. The van der Waals surface area contributed by atoms with E-state index in [0.29, 0.717) is 18.0 Å². The number of pyridine rings is 2. The number of nitrogens with zero attached hydrogens (tertiary/aromatic N) is 2. The molecule has 11 heteroatoms. The SMILES string of the molecule is Cc1cc(CNCCc2ccccc2)ccc1Oc1ccncc1C(N)=O.NC(=O)c1cnccc1Oc1ccc(CNCCc2ccccc2)cc1F. The standard InChI is InChI=1S/C22H23N3O2.C21H20FN3O2/c1-16-13-18(14-24-11-9-17-5-3-2-4-6-17)7-8-20(16)27-21-10-12-25-15-19(21)22(23)26;22-18-12-16(13-24-10-8-15-4-2-1-3-5-15)6-7-20(18)27-19-9-11-25-14-17(19)21(23)26/h2-8,10,12-13,15,24H,9,11,14H2,1H3,(H2,23,26);1-7,9,11-12,14,24H,8,10,13H2,(H2,23,26). The van der Waals surface area contributed by atoms with Gasteiger partial charge in [0.2, 0.25) is 0 Å². The van der Waals surface area contributed by atoms with Crippen molar-refractivity contribution in [3.63, 3.8) is 0 Å². The van der Waals surface area contributed by atoms with Crippen molar-refractivity contribution in [2.75, 3.05) is 13.1 Å². The average molecular weight is 727 g/mol. The summed E-state index contributed by atoms with van der Waals surface area (Å²) >= 11 is 0. The molecule has 0 saturated carbocycles. The minimum atomic E-state index is -0.683. The quantitative estimate of drug-likeness (QED) is 0.0774. The van der Waals surface area contributed by atoms with Crippen LogP contribution in [0.2, 0.25) is 0 Å². The predicted octanol–water partition coefficient (Wildman–Crippen LogP) is 7.06. The summed E-state index contributed by atoms with van der Waals surface area (Å²) in [5, 5.41) is 6.75. The van der Waals surface area contributed by atoms with Gasteiger partial charge in [-0.05, 0) is 91.0 Å². The highest BCUT2D eigenvalue weighted by Gasteiger charge is 2.14. The van der Waals surface area contributed by atoms with E-state index in [0.717, 1.165) is 43.6 Å². The van der Waals surface area contributed by atoms with Crippen LogP contribution in [-0.4, -0.2) is 34.9 Å². The fraction of sp³-hybridized carbons (Fsp3) is 0.163. The van der Waals surface area contributed by atoms with Gasteiger partial charge in [0.25, 0.3) is 11.8 Å². The number of aromatic nitrogens is 2. The van der Waals surface area contributed by atoms with Crippen LogP contribution < -0.4 is 31.6 Å². The summed E-state index contributed by atoms with van der Waals surface area (Å²) < 4.78 is 25.7. The minimum absolute atomic E-state index is 0.0248. The van der Waals surface area contributed by atoms with E-state index in [-0.39, 0.29) is 22.6 Å². The number of hydrogen-bond acceptors (Lipinski definition) is 8. The number of hydrogen-bond donors (Lipinski definition) is 4. The zero-order valence-corrected chi connectivity index (χ0v) is 30.0. The molecule has 0 bridgehead atoms. The number of carbonyl (C=O) groups is 2. The van der Waals surface area contributed by atoms with Gasteiger partial charge in [0.15, 0.2) is 11.6 Å². The second-order valence-corrected chi connectivity index (χ2v) is 12.4. The van der Waals surface area contributed by atoms with Gasteiger partial charge < -0.3 is 31.6 Å². The summed E-state index contributed by atoms with van der Waals surface area (Å²) in [4.78, 5) is 30.6. The van der Waals surface area contributed by atoms with Crippen LogP contribution >= 0.6 is 0 Å². The maximum atomic E-state index is 14.4.